The second-order valence-electron chi connectivity index (χ2n) is 9.26. The lowest BCUT2D eigenvalue weighted by Crippen LogP contribution is -2.52. The lowest BCUT2D eigenvalue weighted by atomic mass is 10.1. The zero-order valence-electron chi connectivity index (χ0n) is 22.1. The Hall–Kier alpha value is -3.36. The van der Waals surface area contributed by atoms with Gasteiger partial charge in [0.15, 0.2) is 0 Å². The Bertz CT molecular complexity index is 1360. The summed E-state index contributed by atoms with van der Waals surface area (Å²) in [5.74, 6) is -0.867. The van der Waals surface area contributed by atoms with Crippen molar-refractivity contribution in [3.63, 3.8) is 0 Å². The van der Waals surface area contributed by atoms with E-state index >= 15 is 0 Å². The highest BCUT2D eigenvalue weighted by atomic mass is 35.5. The number of hydrogen-bond donors (Lipinski definition) is 1. The van der Waals surface area contributed by atoms with Gasteiger partial charge in [0.1, 0.15) is 12.6 Å². The van der Waals surface area contributed by atoms with Crippen molar-refractivity contribution in [1.29, 1.82) is 0 Å². The molecule has 0 radical (unpaired) electrons. The predicted octanol–water partition coefficient (Wildman–Crippen LogP) is 5.04. The molecule has 0 aliphatic heterocycles. The Morgan fingerprint density at radius 2 is 1.45 bits per heavy atom. The first kappa shape index (κ1) is 29.2. The molecule has 0 fully saturated rings. The molecule has 7 nitrogen and oxygen atoms in total. The van der Waals surface area contributed by atoms with Crippen LogP contribution in [0.1, 0.15) is 38.8 Å². The summed E-state index contributed by atoms with van der Waals surface area (Å²) in [6, 6.07) is 21.2. The van der Waals surface area contributed by atoms with Crippen LogP contribution in [0.15, 0.2) is 83.8 Å². The van der Waals surface area contributed by atoms with Crippen molar-refractivity contribution in [3.8, 4) is 0 Å². The zero-order valence-corrected chi connectivity index (χ0v) is 23.7. The summed E-state index contributed by atoms with van der Waals surface area (Å²) < 4.78 is 28.9. The van der Waals surface area contributed by atoms with Gasteiger partial charge in [-0.15, -0.1) is 0 Å². The van der Waals surface area contributed by atoms with Gasteiger partial charge in [0, 0.05) is 17.6 Å². The molecule has 0 saturated carbocycles. The molecule has 1 N–H and O–H groups in total. The lowest BCUT2D eigenvalue weighted by molar-refractivity contribution is -0.139. The number of sulfonamides is 1. The van der Waals surface area contributed by atoms with Crippen molar-refractivity contribution in [1.82, 2.24) is 10.2 Å². The molecule has 0 unspecified atom stereocenters. The molecule has 2 amide bonds. The SMILES string of the molecule is CCc1ccccc1N(CC(=O)N(Cc1ccccc1Cl)[C@@H](C)C(=O)NC(C)C)S(=O)(=O)c1ccccc1. The fourth-order valence-electron chi connectivity index (χ4n) is 4.08. The lowest BCUT2D eigenvalue weighted by Gasteiger charge is -2.33. The summed E-state index contributed by atoms with van der Waals surface area (Å²) in [7, 11) is -4.10. The van der Waals surface area contributed by atoms with Crippen LogP contribution in [-0.4, -0.2) is 43.8 Å². The number of carbonyl (C=O) groups excluding carboxylic acids is 2. The minimum absolute atomic E-state index is 0.0415. The molecule has 0 aliphatic rings. The van der Waals surface area contributed by atoms with Gasteiger partial charge in [-0.3, -0.25) is 13.9 Å². The maximum absolute atomic E-state index is 13.9. The fourth-order valence-corrected chi connectivity index (χ4v) is 5.75. The van der Waals surface area contributed by atoms with Crippen molar-refractivity contribution in [2.75, 3.05) is 10.8 Å². The standard InChI is InChI=1S/C29H34ClN3O4S/c1-5-23-13-10-12-18-27(23)33(38(36,37)25-15-7-6-8-16-25)20-28(34)32(22(4)29(35)31-21(2)3)19-24-14-9-11-17-26(24)30/h6-18,21-22H,5,19-20H2,1-4H3,(H,31,35)/t22-/m0/s1. The first-order valence-corrected chi connectivity index (χ1v) is 14.4. The van der Waals surface area contributed by atoms with E-state index in [0.717, 1.165) is 9.87 Å². The average molecular weight is 556 g/mol. The van der Waals surface area contributed by atoms with Crippen LogP contribution in [0.25, 0.3) is 0 Å². The van der Waals surface area contributed by atoms with Gasteiger partial charge >= 0.3 is 0 Å². The predicted molar refractivity (Wildman–Crippen MR) is 152 cm³/mol. The molecule has 3 aromatic carbocycles. The summed E-state index contributed by atoms with van der Waals surface area (Å²) in [5, 5.41) is 3.29. The summed E-state index contributed by atoms with van der Waals surface area (Å²) >= 11 is 6.39. The van der Waals surface area contributed by atoms with Crippen LogP contribution in [0.3, 0.4) is 0 Å². The van der Waals surface area contributed by atoms with Gasteiger partial charge in [-0.2, -0.15) is 0 Å². The van der Waals surface area contributed by atoms with Gasteiger partial charge in [-0.05, 0) is 62.6 Å². The molecule has 0 saturated heterocycles. The average Bonchev–Trinajstić information content (AvgIpc) is 2.90. The van der Waals surface area contributed by atoms with E-state index in [0.29, 0.717) is 22.7 Å². The second kappa shape index (κ2) is 12.9. The largest absolute Gasteiger partial charge is 0.352 e. The van der Waals surface area contributed by atoms with E-state index in [1.54, 1.807) is 61.5 Å². The molecule has 38 heavy (non-hydrogen) atoms. The monoisotopic (exact) mass is 555 g/mol. The molecule has 0 aromatic heterocycles. The maximum atomic E-state index is 13.9. The Morgan fingerprint density at radius 1 is 0.868 bits per heavy atom. The van der Waals surface area contributed by atoms with Crippen LogP contribution >= 0.6 is 11.6 Å². The molecule has 0 spiro atoms. The fraction of sp³-hybridized carbons (Fsp3) is 0.310. The molecule has 3 rings (SSSR count). The Labute approximate surface area is 230 Å². The third-order valence-corrected chi connectivity index (χ3v) is 8.29. The number of para-hydroxylation sites is 1. The van der Waals surface area contributed by atoms with E-state index in [9.17, 15) is 18.0 Å². The molecule has 0 bridgehead atoms. The minimum atomic E-state index is -4.10. The summed E-state index contributed by atoms with van der Waals surface area (Å²) in [6.45, 7) is 6.78. The van der Waals surface area contributed by atoms with Crippen LogP contribution in [0, 0.1) is 0 Å². The number of halogens is 1. The topological polar surface area (TPSA) is 86.8 Å². The number of benzene rings is 3. The highest BCUT2D eigenvalue weighted by Crippen LogP contribution is 2.28. The van der Waals surface area contributed by atoms with E-state index in [1.165, 1.54) is 17.0 Å². The second-order valence-corrected chi connectivity index (χ2v) is 11.5. The first-order valence-electron chi connectivity index (χ1n) is 12.5. The van der Waals surface area contributed by atoms with Crippen molar-refractivity contribution >= 4 is 39.1 Å². The molecular formula is C29H34ClN3O4S. The third-order valence-electron chi connectivity index (χ3n) is 6.15. The number of nitrogens with one attached hydrogen (secondary N) is 1. The molecule has 202 valence electrons. The maximum Gasteiger partial charge on any atom is 0.264 e. The van der Waals surface area contributed by atoms with Crippen molar-refractivity contribution in [3.05, 3.63) is 95.0 Å². The third kappa shape index (κ3) is 6.94. The van der Waals surface area contributed by atoms with E-state index in [2.05, 4.69) is 5.32 Å². The van der Waals surface area contributed by atoms with Gasteiger partial charge in [-0.25, -0.2) is 8.42 Å². The smallest absolute Gasteiger partial charge is 0.264 e. The van der Waals surface area contributed by atoms with E-state index < -0.39 is 28.5 Å². The molecule has 1 atom stereocenters. The van der Waals surface area contributed by atoms with E-state index in [1.807, 2.05) is 32.9 Å². The molecule has 0 aliphatic carbocycles. The number of amides is 2. The highest BCUT2D eigenvalue weighted by Gasteiger charge is 2.33. The number of anilines is 1. The highest BCUT2D eigenvalue weighted by molar-refractivity contribution is 7.92. The molecule has 3 aromatic rings. The Morgan fingerprint density at radius 3 is 2.05 bits per heavy atom. The van der Waals surface area contributed by atoms with E-state index in [4.69, 9.17) is 11.6 Å². The molecular weight excluding hydrogens is 522 g/mol. The van der Waals surface area contributed by atoms with Gasteiger partial charge in [0.2, 0.25) is 11.8 Å². The van der Waals surface area contributed by atoms with Gasteiger partial charge in [0.05, 0.1) is 10.6 Å². The van der Waals surface area contributed by atoms with Gasteiger partial charge < -0.3 is 10.2 Å². The van der Waals surface area contributed by atoms with Crippen LogP contribution in [0.5, 0.6) is 0 Å². The summed E-state index contributed by atoms with van der Waals surface area (Å²) in [4.78, 5) is 28.4. The summed E-state index contributed by atoms with van der Waals surface area (Å²) in [6.07, 6.45) is 0.571. The van der Waals surface area contributed by atoms with Crippen LogP contribution in [0.2, 0.25) is 5.02 Å². The normalized spacial score (nSPS) is 12.2. The number of aryl methyl sites for hydroxylation is 1. The minimum Gasteiger partial charge on any atom is -0.352 e. The van der Waals surface area contributed by atoms with Crippen molar-refractivity contribution in [2.45, 2.75) is 57.6 Å². The number of hydrogen-bond acceptors (Lipinski definition) is 4. The van der Waals surface area contributed by atoms with Gasteiger partial charge in [-0.1, -0.05) is 73.1 Å². The number of nitrogens with zero attached hydrogens (tertiary/aromatic N) is 2. The van der Waals surface area contributed by atoms with Crippen molar-refractivity contribution in [2.24, 2.45) is 0 Å². The summed E-state index contributed by atoms with van der Waals surface area (Å²) in [5.41, 5.74) is 1.85. The van der Waals surface area contributed by atoms with Crippen molar-refractivity contribution < 1.29 is 18.0 Å². The van der Waals surface area contributed by atoms with E-state index in [-0.39, 0.29) is 23.4 Å². The number of rotatable bonds is 11. The molecule has 0 heterocycles. The zero-order chi connectivity index (χ0) is 27.9. The van der Waals surface area contributed by atoms with Crippen LogP contribution in [-0.2, 0) is 32.6 Å². The van der Waals surface area contributed by atoms with Crippen LogP contribution < -0.4 is 9.62 Å². The first-order chi connectivity index (χ1) is 18.1. The van der Waals surface area contributed by atoms with Gasteiger partial charge in [0.25, 0.3) is 10.0 Å². The molecule has 9 heteroatoms. The number of carbonyl (C=O) groups is 2. The quantitative estimate of drug-likeness (QED) is 0.359. The van der Waals surface area contributed by atoms with Crippen LogP contribution in [0.4, 0.5) is 5.69 Å². The Balaban J connectivity index is 2.07. The Kier molecular flexibility index (Phi) is 9.94.